The van der Waals surface area contributed by atoms with Gasteiger partial charge in [0.1, 0.15) is 11.2 Å². The van der Waals surface area contributed by atoms with Crippen LogP contribution in [0, 0.1) is 0 Å². The third kappa shape index (κ3) is 7.97. The van der Waals surface area contributed by atoms with E-state index in [1.165, 1.54) is 22.3 Å². The summed E-state index contributed by atoms with van der Waals surface area (Å²) >= 11 is 0. The number of hydrogen-bond donors (Lipinski definition) is 0. The quantitative estimate of drug-likeness (QED) is 0.114. The van der Waals surface area contributed by atoms with Crippen LogP contribution in [-0.2, 0) is 0 Å². The molecular weight excluding hydrogens is 889 g/mol. The Morgan fingerprint density at radius 1 is 0.452 bits per heavy atom. The van der Waals surface area contributed by atoms with Gasteiger partial charge < -0.3 is 18.6 Å². The Balaban J connectivity index is 0.987. The number of para-hydroxylation sites is 4. The van der Waals surface area contributed by atoms with Gasteiger partial charge in [-0.2, -0.15) is 0 Å². The van der Waals surface area contributed by atoms with Gasteiger partial charge in [0.2, 0.25) is 0 Å². The van der Waals surface area contributed by atoms with E-state index in [1.807, 2.05) is 19.1 Å². The molecule has 0 saturated carbocycles. The molecule has 2 aromatic heterocycles. The van der Waals surface area contributed by atoms with E-state index in [4.69, 9.17) is 8.83 Å². The first-order valence-electron chi connectivity index (χ1n) is 25.4. The lowest BCUT2D eigenvalue weighted by Gasteiger charge is -2.31. The van der Waals surface area contributed by atoms with Gasteiger partial charge >= 0.3 is 0 Å². The molecule has 0 amide bonds. The molecular formula is C69H56N2O2. The lowest BCUT2D eigenvalue weighted by Crippen LogP contribution is -2.14. The monoisotopic (exact) mass is 944 g/mol. The summed E-state index contributed by atoms with van der Waals surface area (Å²) in [6.07, 6.45) is 8.19. The minimum atomic E-state index is 0.307. The highest BCUT2D eigenvalue weighted by atomic mass is 16.4. The smallest absolute Gasteiger partial charge is 0.178 e. The van der Waals surface area contributed by atoms with Crippen molar-refractivity contribution in [3.8, 4) is 11.1 Å². The first-order valence-corrected chi connectivity index (χ1v) is 25.4. The molecule has 0 bridgehead atoms. The zero-order valence-electron chi connectivity index (χ0n) is 41.9. The van der Waals surface area contributed by atoms with Gasteiger partial charge in [-0.15, -0.1) is 0 Å². The molecule has 12 rings (SSSR count). The molecule has 4 heteroatoms. The molecule has 0 spiro atoms. The van der Waals surface area contributed by atoms with Crippen LogP contribution in [0.25, 0.3) is 82.1 Å². The van der Waals surface area contributed by atoms with Crippen molar-refractivity contribution < 1.29 is 8.83 Å². The van der Waals surface area contributed by atoms with E-state index < -0.39 is 0 Å². The number of allylic oxidation sites excluding steroid dienone is 5. The Hall–Kier alpha value is -8.86. The molecule has 0 radical (unpaired) electrons. The molecule has 354 valence electrons. The molecule has 10 aromatic carbocycles. The number of furan rings is 2. The number of rotatable bonds is 12. The molecule has 0 aliphatic heterocycles. The summed E-state index contributed by atoms with van der Waals surface area (Å²) < 4.78 is 13.8. The van der Waals surface area contributed by atoms with E-state index >= 15 is 0 Å². The number of fused-ring (bicyclic) bond motifs is 9. The predicted molar refractivity (Wildman–Crippen MR) is 312 cm³/mol. The summed E-state index contributed by atoms with van der Waals surface area (Å²) in [5.74, 6) is 0.629. The molecule has 0 aliphatic rings. The van der Waals surface area contributed by atoms with Gasteiger partial charge in [0, 0.05) is 55.4 Å². The number of anilines is 6. The van der Waals surface area contributed by atoms with Crippen LogP contribution in [0.3, 0.4) is 0 Å². The van der Waals surface area contributed by atoms with Gasteiger partial charge in [-0.3, -0.25) is 0 Å². The average molecular weight is 945 g/mol. The van der Waals surface area contributed by atoms with Crippen molar-refractivity contribution in [2.75, 3.05) is 9.80 Å². The maximum Gasteiger partial charge on any atom is 0.178 e. The number of nitrogens with zero attached hydrogens (tertiary/aromatic N) is 2. The van der Waals surface area contributed by atoms with Gasteiger partial charge in [-0.25, -0.2) is 0 Å². The van der Waals surface area contributed by atoms with Crippen molar-refractivity contribution in [1.29, 1.82) is 0 Å². The largest absolute Gasteiger partial charge is 0.452 e. The summed E-state index contributed by atoms with van der Waals surface area (Å²) in [5, 5.41) is 8.63. The highest BCUT2D eigenvalue weighted by Crippen LogP contribution is 2.47. The predicted octanol–water partition coefficient (Wildman–Crippen LogP) is 20.8. The molecule has 0 fully saturated rings. The Morgan fingerprint density at radius 3 is 1.47 bits per heavy atom. The van der Waals surface area contributed by atoms with Crippen LogP contribution >= 0.6 is 0 Å². The van der Waals surface area contributed by atoms with Gasteiger partial charge in [0.05, 0.1) is 11.4 Å². The molecule has 4 nitrogen and oxygen atoms in total. The minimum Gasteiger partial charge on any atom is -0.452 e. The summed E-state index contributed by atoms with van der Waals surface area (Å²) in [7, 11) is 0. The van der Waals surface area contributed by atoms with Crippen LogP contribution < -0.4 is 9.80 Å². The molecule has 0 unspecified atom stereocenters. The first-order chi connectivity index (χ1) is 35.8. The normalized spacial score (nSPS) is 12.2. The van der Waals surface area contributed by atoms with E-state index in [-0.39, 0.29) is 0 Å². The van der Waals surface area contributed by atoms with Crippen LogP contribution in [0.4, 0.5) is 34.1 Å². The van der Waals surface area contributed by atoms with E-state index in [0.29, 0.717) is 11.8 Å². The molecule has 0 aliphatic carbocycles. The Bertz CT molecular complexity index is 4150. The van der Waals surface area contributed by atoms with E-state index in [2.05, 4.69) is 256 Å². The van der Waals surface area contributed by atoms with Gasteiger partial charge in [0.15, 0.2) is 11.2 Å². The van der Waals surface area contributed by atoms with Gasteiger partial charge in [-0.1, -0.05) is 174 Å². The highest BCUT2D eigenvalue weighted by Gasteiger charge is 2.24. The minimum absolute atomic E-state index is 0.307. The van der Waals surface area contributed by atoms with E-state index in [0.717, 1.165) is 111 Å². The fourth-order valence-electron chi connectivity index (χ4n) is 10.9. The van der Waals surface area contributed by atoms with E-state index in [9.17, 15) is 0 Å². The summed E-state index contributed by atoms with van der Waals surface area (Å²) in [4.78, 5) is 4.82. The molecule has 2 heterocycles. The lowest BCUT2D eigenvalue weighted by molar-refractivity contribution is 0.634. The lowest BCUT2D eigenvalue weighted by atomic mass is 9.96. The van der Waals surface area contributed by atoms with Crippen LogP contribution in [-0.4, -0.2) is 0 Å². The summed E-state index contributed by atoms with van der Waals surface area (Å²) in [6, 6.07) is 72.4. The van der Waals surface area contributed by atoms with Crippen molar-refractivity contribution >= 4 is 105 Å². The topological polar surface area (TPSA) is 32.8 Å². The van der Waals surface area contributed by atoms with Crippen molar-refractivity contribution in [3.63, 3.8) is 0 Å². The standard InChI is InChI=1S/C69H56N2O2/c1-7-9-21-46(8-2)56-26-15-19-30-64(56)70(62-28-17-13-24-54(62)44(3)4)52-34-32-48-40-60-58-36-37-59-61-41-49-33-35-53(39-51(49)43-67(61)73-69(59)68(58)72-66(60)42-50(48)38-52)71(63-29-18-14-25-55(63)45(5)6)65-31-20-16-27-57(65)47-22-11-10-12-23-47/h7-45H,2H2,1,3-6H3/b9-7-,46-21+. The maximum atomic E-state index is 6.91. The van der Waals surface area contributed by atoms with Crippen LogP contribution in [0.1, 0.15) is 63.1 Å². The zero-order chi connectivity index (χ0) is 49.7. The van der Waals surface area contributed by atoms with Crippen LogP contribution in [0.5, 0.6) is 0 Å². The third-order valence-electron chi connectivity index (χ3n) is 14.5. The Kier molecular flexibility index (Phi) is 11.6. The van der Waals surface area contributed by atoms with Gasteiger partial charge in [-0.05, 0) is 147 Å². The van der Waals surface area contributed by atoms with Crippen molar-refractivity contribution in [1.82, 2.24) is 0 Å². The zero-order valence-corrected chi connectivity index (χ0v) is 41.9. The first kappa shape index (κ1) is 45.3. The van der Waals surface area contributed by atoms with Crippen LogP contribution in [0.2, 0.25) is 0 Å². The number of benzene rings is 10. The second-order valence-electron chi connectivity index (χ2n) is 19.6. The molecule has 73 heavy (non-hydrogen) atoms. The summed E-state index contributed by atoms with van der Waals surface area (Å²) in [6.45, 7) is 15.3. The second-order valence-corrected chi connectivity index (χ2v) is 19.6. The molecule has 0 N–H and O–H groups in total. The van der Waals surface area contributed by atoms with Crippen molar-refractivity contribution in [2.45, 2.75) is 46.5 Å². The van der Waals surface area contributed by atoms with Gasteiger partial charge in [0.25, 0.3) is 0 Å². The van der Waals surface area contributed by atoms with E-state index in [1.54, 1.807) is 0 Å². The maximum absolute atomic E-state index is 6.91. The third-order valence-corrected chi connectivity index (χ3v) is 14.5. The summed E-state index contributed by atoms with van der Waals surface area (Å²) in [5.41, 5.74) is 16.8. The van der Waals surface area contributed by atoms with Crippen molar-refractivity contribution in [3.05, 3.63) is 248 Å². The second kappa shape index (κ2) is 18.7. The number of hydrogen-bond acceptors (Lipinski definition) is 4. The fourth-order valence-corrected chi connectivity index (χ4v) is 10.9. The highest BCUT2D eigenvalue weighted by molar-refractivity contribution is 6.21. The Labute approximate surface area is 427 Å². The molecule has 12 aromatic rings. The van der Waals surface area contributed by atoms with Crippen LogP contribution in [0.15, 0.2) is 240 Å². The Morgan fingerprint density at radius 2 is 0.932 bits per heavy atom. The van der Waals surface area contributed by atoms with Crippen molar-refractivity contribution in [2.24, 2.45) is 0 Å². The fraction of sp³-hybridized carbons (Fsp3) is 0.101. The average Bonchev–Trinajstić information content (AvgIpc) is 3.98. The SMILES string of the molecule is C=C/C(=C\C=C/C)c1ccccc1N(c1ccc2cc3c(cc2c1)oc1c3ccc2c3cc4ccc(N(c5ccccc5-c5ccccc5)c5ccccc5C(C)C)cc4cc3oc21)c1ccccc1C(C)C. The molecule has 0 atom stereocenters. The molecule has 0 saturated heterocycles.